The summed E-state index contributed by atoms with van der Waals surface area (Å²) in [4.78, 5) is 0.282. The molecule has 64 valence electrons. The molecular weight excluding hydrogens is 220 g/mol. The number of fused-ring (bicyclic) bond motifs is 1. The monoisotopic (exact) mass is 228 g/mol. The Morgan fingerprint density at radius 1 is 1.08 bits per heavy atom. The summed E-state index contributed by atoms with van der Waals surface area (Å²) in [5.74, 6) is 1.67. The van der Waals surface area contributed by atoms with Crippen molar-refractivity contribution < 1.29 is 9.47 Å². The van der Waals surface area contributed by atoms with Crippen molar-refractivity contribution >= 4 is 15.9 Å². The van der Waals surface area contributed by atoms with Gasteiger partial charge in [0.25, 0.3) is 0 Å². The fraction of sp³-hybridized carbons (Fsp3) is 0.333. The molecule has 1 aliphatic rings. The number of alkyl halides is 1. The van der Waals surface area contributed by atoms with Crippen molar-refractivity contribution in [1.29, 1.82) is 0 Å². The Hall–Kier alpha value is -0.700. The van der Waals surface area contributed by atoms with Crippen LogP contribution in [0, 0.1) is 0 Å². The molecule has 3 heteroatoms. The second kappa shape index (κ2) is 3.35. The van der Waals surface area contributed by atoms with Gasteiger partial charge < -0.3 is 9.47 Å². The molecule has 0 bridgehead atoms. The molecule has 1 aliphatic heterocycles. The Balaban J connectivity index is 2.26. The van der Waals surface area contributed by atoms with Crippen LogP contribution in [0.4, 0.5) is 0 Å². The molecule has 0 radical (unpaired) electrons. The van der Waals surface area contributed by atoms with Gasteiger partial charge in [-0.1, -0.05) is 28.1 Å². The Kier molecular flexibility index (Phi) is 2.21. The summed E-state index contributed by atoms with van der Waals surface area (Å²) in [5.41, 5.74) is 0. The molecule has 1 aromatic rings. The highest BCUT2D eigenvalue weighted by Crippen LogP contribution is 2.29. The second-order valence-electron chi connectivity index (χ2n) is 2.67. The van der Waals surface area contributed by atoms with Crippen molar-refractivity contribution in [2.75, 3.05) is 13.2 Å². The van der Waals surface area contributed by atoms with Gasteiger partial charge in [-0.2, -0.15) is 0 Å². The van der Waals surface area contributed by atoms with Gasteiger partial charge in [0.05, 0.1) is 4.83 Å². The third kappa shape index (κ3) is 1.55. The largest absolute Gasteiger partial charge is 0.488 e. The smallest absolute Gasteiger partial charge is 0.161 e. The number of ether oxygens (including phenoxy) is 2. The average Bonchev–Trinajstić information content (AvgIpc) is 2.29. The molecule has 0 spiro atoms. The topological polar surface area (TPSA) is 18.5 Å². The van der Waals surface area contributed by atoms with Crippen LogP contribution in [0.1, 0.15) is 0 Å². The van der Waals surface area contributed by atoms with Crippen molar-refractivity contribution in [2.24, 2.45) is 0 Å². The average molecular weight is 229 g/mol. The molecule has 2 nitrogen and oxygen atoms in total. The number of halogens is 1. The van der Waals surface area contributed by atoms with Gasteiger partial charge in [0, 0.05) is 0 Å². The molecular formula is C9H9BrO2. The van der Waals surface area contributed by atoms with E-state index in [1.54, 1.807) is 0 Å². The number of hydrogen-bond donors (Lipinski definition) is 0. The first-order chi connectivity index (χ1) is 5.86. The Morgan fingerprint density at radius 2 is 1.58 bits per heavy atom. The second-order valence-corrected chi connectivity index (χ2v) is 3.96. The fourth-order valence-corrected chi connectivity index (χ4v) is 1.36. The minimum Gasteiger partial charge on any atom is -0.488 e. The maximum Gasteiger partial charge on any atom is 0.161 e. The van der Waals surface area contributed by atoms with Gasteiger partial charge in [-0.05, 0) is 12.1 Å². The van der Waals surface area contributed by atoms with Gasteiger partial charge in [-0.25, -0.2) is 0 Å². The van der Waals surface area contributed by atoms with E-state index in [9.17, 15) is 0 Å². The molecule has 0 aromatic heterocycles. The Bertz CT molecular complexity index is 248. The van der Waals surface area contributed by atoms with Crippen LogP contribution < -0.4 is 9.47 Å². The normalized spacial score (nSPS) is 17.1. The molecule has 0 saturated heterocycles. The van der Waals surface area contributed by atoms with Gasteiger partial charge in [-0.3, -0.25) is 0 Å². The lowest BCUT2D eigenvalue weighted by molar-refractivity contribution is 0.308. The SMILES string of the molecule is BrC1COc2ccccc2OC1. The van der Waals surface area contributed by atoms with E-state index >= 15 is 0 Å². The summed E-state index contributed by atoms with van der Waals surface area (Å²) < 4.78 is 11.0. The lowest BCUT2D eigenvalue weighted by atomic mass is 10.3. The molecule has 0 N–H and O–H groups in total. The molecule has 0 amide bonds. The van der Waals surface area contributed by atoms with Gasteiger partial charge in [-0.15, -0.1) is 0 Å². The molecule has 0 unspecified atom stereocenters. The maximum atomic E-state index is 5.49. The highest BCUT2D eigenvalue weighted by atomic mass is 79.9. The summed E-state index contributed by atoms with van der Waals surface area (Å²) in [6.07, 6.45) is 0. The number of para-hydroxylation sites is 2. The van der Waals surface area contributed by atoms with E-state index in [0.29, 0.717) is 13.2 Å². The van der Waals surface area contributed by atoms with E-state index in [0.717, 1.165) is 11.5 Å². The third-order valence-corrected chi connectivity index (χ3v) is 2.22. The van der Waals surface area contributed by atoms with E-state index in [1.165, 1.54) is 0 Å². The first kappa shape index (κ1) is 7.92. The Morgan fingerprint density at radius 3 is 2.08 bits per heavy atom. The van der Waals surface area contributed by atoms with Crippen molar-refractivity contribution in [2.45, 2.75) is 4.83 Å². The van der Waals surface area contributed by atoms with Crippen LogP contribution in [0.3, 0.4) is 0 Å². The van der Waals surface area contributed by atoms with Crippen molar-refractivity contribution in [1.82, 2.24) is 0 Å². The molecule has 12 heavy (non-hydrogen) atoms. The molecule has 0 aliphatic carbocycles. The molecule has 1 heterocycles. The highest BCUT2D eigenvalue weighted by molar-refractivity contribution is 9.09. The first-order valence-corrected chi connectivity index (χ1v) is 4.76. The number of benzene rings is 1. The predicted octanol–water partition coefficient (Wildman–Crippen LogP) is 2.22. The molecule has 0 saturated carbocycles. The number of rotatable bonds is 0. The van der Waals surface area contributed by atoms with E-state index in [1.807, 2.05) is 24.3 Å². The third-order valence-electron chi connectivity index (χ3n) is 1.69. The van der Waals surface area contributed by atoms with Gasteiger partial charge >= 0.3 is 0 Å². The van der Waals surface area contributed by atoms with Crippen LogP contribution in [-0.4, -0.2) is 18.0 Å². The predicted molar refractivity (Wildman–Crippen MR) is 50.1 cm³/mol. The zero-order valence-electron chi connectivity index (χ0n) is 6.50. The van der Waals surface area contributed by atoms with E-state index in [-0.39, 0.29) is 4.83 Å². The summed E-state index contributed by atoms with van der Waals surface area (Å²) in [7, 11) is 0. The lowest BCUT2D eigenvalue weighted by Gasteiger charge is -2.04. The van der Waals surface area contributed by atoms with Crippen LogP contribution in [0.2, 0.25) is 0 Å². The van der Waals surface area contributed by atoms with Crippen molar-refractivity contribution in [3.05, 3.63) is 24.3 Å². The van der Waals surface area contributed by atoms with Gasteiger partial charge in [0.1, 0.15) is 13.2 Å². The lowest BCUT2D eigenvalue weighted by Crippen LogP contribution is -2.15. The zero-order valence-corrected chi connectivity index (χ0v) is 8.08. The summed E-state index contributed by atoms with van der Waals surface area (Å²) >= 11 is 3.45. The van der Waals surface area contributed by atoms with E-state index in [4.69, 9.17) is 9.47 Å². The molecule has 0 atom stereocenters. The standard InChI is InChI=1S/C9H9BrO2/c10-7-5-11-8-3-1-2-4-9(8)12-6-7/h1-4,7H,5-6H2. The van der Waals surface area contributed by atoms with Crippen molar-refractivity contribution in [3.8, 4) is 11.5 Å². The number of hydrogen-bond acceptors (Lipinski definition) is 2. The first-order valence-electron chi connectivity index (χ1n) is 3.85. The molecule has 2 rings (SSSR count). The van der Waals surface area contributed by atoms with Crippen LogP contribution in [0.5, 0.6) is 11.5 Å². The maximum absolute atomic E-state index is 5.49. The van der Waals surface area contributed by atoms with Crippen LogP contribution >= 0.6 is 15.9 Å². The van der Waals surface area contributed by atoms with Crippen molar-refractivity contribution in [3.63, 3.8) is 0 Å². The van der Waals surface area contributed by atoms with Gasteiger partial charge in [0.15, 0.2) is 11.5 Å². The van der Waals surface area contributed by atoms with Crippen LogP contribution in [0.15, 0.2) is 24.3 Å². The highest BCUT2D eigenvalue weighted by Gasteiger charge is 2.14. The zero-order chi connectivity index (χ0) is 8.39. The van der Waals surface area contributed by atoms with Gasteiger partial charge in [0.2, 0.25) is 0 Å². The minimum absolute atomic E-state index is 0.282. The summed E-state index contributed by atoms with van der Waals surface area (Å²) in [5, 5.41) is 0. The van der Waals surface area contributed by atoms with Crippen LogP contribution in [-0.2, 0) is 0 Å². The quantitative estimate of drug-likeness (QED) is 0.635. The summed E-state index contributed by atoms with van der Waals surface area (Å²) in [6, 6.07) is 7.72. The molecule has 0 fully saturated rings. The Labute approximate surface area is 79.6 Å². The van der Waals surface area contributed by atoms with Crippen LogP contribution in [0.25, 0.3) is 0 Å². The molecule has 1 aromatic carbocycles. The fourth-order valence-electron chi connectivity index (χ4n) is 1.10. The van der Waals surface area contributed by atoms with E-state index < -0.39 is 0 Å². The minimum atomic E-state index is 0.282. The van der Waals surface area contributed by atoms with E-state index in [2.05, 4.69) is 15.9 Å². The summed E-state index contributed by atoms with van der Waals surface area (Å²) in [6.45, 7) is 1.33.